The fourth-order valence-electron chi connectivity index (χ4n) is 3.77. The molecule has 0 radical (unpaired) electrons. The number of amides is 2. The number of nitrogens with zero attached hydrogens (tertiary/aromatic N) is 4. The molecule has 0 spiro atoms. The predicted octanol–water partition coefficient (Wildman–Crippen LogP) is 0.738. The second kappa shape index (κ2) is 10.3. The van der Waals surface area contributed by atoms with Crippen molar-refractivity contribution in [3.8, 4) is 0 Å². The molecule has 0 aromatic carbocycles. The van der Waals surface area contributed by atoms with E-state index in [1.807, 2.05) is 0 Å². The Morgan fingerprint density at radius 3 is 2.12 bits per heavy atom. The molecule has 0 saturated carbocycles. The van der Waals surface area contributed by atoms with Gasteiger partial charge in [0.15, 0.2) is 11.8 Å². The first-order valence-corrected chi connectivity index (χ1v) is 10.8. The molecular formula is C23H28N4O6. The Balaban J connectivity index is 1.89. The second-order valence-electron chi connectivity index (χ2n) is 7.91. The molecule has 2 aromatic rings. The van der Waals surface area contributed by atoms with E-state index >= 15 is 0 Å². The van der Waals surface area contributed by atoms with Crippen LogP contribution in [0.25, 0.3) is 0 Å². The van der Waals surface area contributed by atoms with E-state index in [-0.39, 0.29) is 44.9 Å². The smallest absolute Gasteiger partial charge is 0.409 e. The lowest BCUT2D eigenvalue weighted by Crippen LogP contribution is -2.54. The summed E-state index contributed by atoms with van der Waals surface area (Å²) in [6.45, 7) is 5.78. The molecule has 2 aromatic heterocycles. The molecule has 10 heteroatoms. The highest BCUT2D eigenvalue weighted by atomic mass is 16.6. The summed E-state index contributed by atoms with van der Waals surface area (Å²) in [4.78, 5) is 66.9. The van der Waals surface area contributed by atoms with Crippen molar-refractivity contribution in [1.29, 1.82) is 0 Å². The summed E-state index contributed by atoms with van der Waals surface area (Å²) in [6, 6.07) is 5.07. The van der Waals surface area contributed by atoms with Crippen molar-refractivity contribution >= 4 is 17.8 Å². The first-order chi connectivity index (χ1) is 15.7. The molecule has 1 saturated heterocycles. The number of Topliss-reactive ketones (excluding diaryl/α,β-unsaturated/α-hetero) is 1. The van der Waals surface area contributed by atoms with Crippen molar-refractivity contribution in [3.63, 3.8) is 0 Å². The number of aryl methyl sites for hydroxylation is 2. The molecule has 0 bridgehead atoms. The van der Waals surface area contributed by atoms with Gasteiger partial charge in [0.2, 0.25) is 0 Å². The Morgan fingerprint density at radius 2 is 1.48 bits per heavy atom. The molecule has 0 N–H and O–H groups in total. The molecule has 3 heterocycles. The van der Waals surface area contributed by atoms with Gasteiger partial charge in [-0.2, -0.15) is 0 Å². The molecule has 176 valence electrons. The monoisotopic (exact) mass is 456 g/mol. The number of hydrogen-bond acceptors (Lipinski definition) is 6. The molecule has 2 amide bonds. The van der Waals surface area contributed by atoms with E-state index in [1.165, 1.54) is 26.8 Å². The molecule has 1 aliphatic rings. The van der Waals surface area contributed by atoms with Crippen LogP contribution in [0.3, 0.4) is 0 Å². The number of piperazine rings is 1. The topological polar surface area (TPSA) is 111 Å². The van der Waals surface area contributed by atoms with Crippen molar-refractivity contribution in [1.82, 2.24) is 18.9 Å². The van der Waals surface area contributed by atoms with Crippen molar-refractivity contribution in [3.05, 3.63) is 68.5 Å². The normalized spacial score (nSPS) is 14.6. The van der Waals surface area contributed by atoms with Crippen molar-refractivity contribution in [2.45, 2.75) is 33.4 Å². The average Bonchev–Trinajstić information content (AvgIpc) is 2.80. The van der Waals surface area contributed by atoms with Crippen LogP contribution in [0.2, 0.25) is 0 Å². The minimum atomic E-state index is -1.42. The van der Waals surface area contributed by atoms with Crippen LogP contribution in [0, 0.1) is 13.8 Å². The van der Waals surface area contributed by atoms with E-state index in [1.54, 1.807) is 45.0 Å². The SMILES string of the molecule is CCOC(=O)N1CCN(C(=O)C(C(=O)Cn2cccc(C)c2=O)n2cccc(C)c2=O)CC1. The third kappa shape index (κ3) is 5.21. The van der Waals surface area contributed by atoms with E-state index in [4.69, 9.17) is 4.74 Å². The fourth-order valence-corrected chi connectivity index (χ4v) is 3.77. The number of ketones is 1. The minimum absolute atomic E-state index is 0.201. The first-order valence-electron chi connectivity index (χ1n) is 10.8. The number of rotatable bonds is 6. The van der Waals surface area contributed by atoms with Crippen LogP contribution in [0.15, 0.2) is 46.2 Å². The molecule has 1 atom stereocenters. The Labute approximate surface area is 191 Å². The van der Waals surface area contributed by atoms with Crippen LogP contribution in [0.5, 0.6) is 0 Å². The van der Waals surface area contributed by atoms with E-state index in [0.29, 0.717) is 11.1 Å². The van der Waals surface area contributed by atoms with E-state index in [2.05, 4.69) is 0 Å². The van der Waals surface area contributed by atoms with Gasteiger partial charge in [-0.1, -0.05) is 12.1 Å². The number of hydrogen-bond donors (Lipinski definition) is 0. The van der Waals surface area contributed by atoms with Gasteiger partial charge in [-0.15, -0.1) is 0 Å². The van der Waals surface area contributed by atoms with Gasteiger partial charge >= 0.3 is 6.09 Å². The number of carbonyl (C=O) groups excluding carboxylic acids is 3. The standard InChI is InChI=1S/C23H28N4O6/c1-4-33-23(32)25-13-11-24(12-14-25)22(31)19(27-10-6-8-17(3)21(27)30)18(28)15-26-9-5-7-16(2)20(26)29/h5-10,19H,4,11-15H2,1-3H3. The molecular weight excluding hydrogens is 428 g/mol. The van der Waals surface area contributed by atoms with Crippen LogP contribution < -0.4 is 11.1 Å². The molecule has 1 fully saturated rings. The van der Waals surface area contributed by atoms with Gasteiger partial charge in [0, 0.05) is 49.7 Å². The van der Waals surface area contributed by atoms with Gasteiger partial charge in [-0.3, -0.25) is 23.7 Å². The summed E-state index contributed by atoms with van der Waals surface area (Å²) in [5, 5.41) is 0. The Morgan fingerprint density at radius 1 is 0.909 bits per heavy atom. The molecule has 3 rings (SSSR count). The molecule has 0 aliphatic carbocycles. The van der Waals surface area contributed by atoms with E-state index in [9.17, 15) is 24.0 Å². The summed E-state index contributed by atoms with van der Waals surface area (Å²) in [6.07, 6.45) is 2.43. The Hall–Kier alpha value is -3.69. The van der Waals surface area contributed by atoms with Gasteiger partial charge < -0.3 is 19.1 Å². The Bertz CT molecular complexity index is 1160. The molecule has 10 nitrogen and oxygen atoms in total. The zero-order valence-electron chi connectivity index (χ0n) is 19.0. The maximum Gasteiger partial charge on any atom is 0.409 e. The largest absolute Gasteiger partial charge is 0.450 e. The van der Waals surface area contributed by atoms with Crippen LogP contribution >= 0.6 is 0 Å². The molecule has 1 unspecified atom stereocenters. The van der Waals surface area contributed by atoms with Crippen LogP contribution in [-0.4, -0.2) is 69.5 Å². The van der Waals surface area contributed by atoms with Crippen LogP contribution in [0.1, 0.15) is 24.1 Å². The lowest BCUT2D eigenvalue weighted by Gasteiger charge is -2.35. The summed E-state index contributed by atoms with van der Waals surface area (Å²) in [5.74, 6) is -1.12. The lowest BCUT2D eigenvalue weighted by molar-refractivity contribution is -0.142. The summed E-state index contributed by atoms with van der Waals surface area (Å²) >= 11 is 0. The number of pyridine rings is 2. The third-order valence-electron chi connectivity index (χ3n) is 5.64. The highest BCUT2D eigenvalue weighted by Crippen LogP contribution is 2.15. The first kappa shape index (κ1) is 24.0. The predicted molar refractivity (Wildman–Crippen MR) is 120 cm³/mol. The number of ether oxygens (including phenoxy) is 1. The maximum atomic E-state index is 13.5. The summed E-state index contributed by atoms with van der Waals surface area (Å²) < 4.78 is 7.36. The molecule has 33 heavy (non-hydrogen) atoms. The van der Waals surface area contributed by atoms with Gasteiger partial charge in [-0.25, -0.2) is 4.79 Å². The van der Waals surface area contributed by atoms with Crippen LogP contribution in [-0.2, 0) is 20.9 Å². The van der Waals surface area contributed by atoms with Gasteiger partial charge in [0.1, 0.15) is 0 Å². The average molecular weight is 456 g/mol. The second-order valence-corrected chi connectivity index (χ2v) is 7.91. The van der Waals surface area contributed by atoms with Crippen molar-refractivity contribution in [2.24, 2.45) is 0 Å². The third-order valence-corrected chi connectivity index (χ3v) is 5.64. The van der Waals surface area contributed by atoms with Crippen LogP contribution in [0.4, 0.5) is 4.79 Å². The summed E-state index contributed by atoms with van der Waals surface area (Å²) in [7, 11) is 0. The molecule has 1 aliphatic heterocycles. The van der Waals surface area contributed by atoms with Gasteiger partial charge in [-0.05, 0) is 32.9 Å². The van der Waals surface area contributed by atoms with Crippen molar-refractivity contribution in [2.75, 3.05) is 32.8 Å². The summed E-state index contributed by atoms with van der Waals surface area (Å²) in [5.41, 5.74) is 0.0709. The van der Waals surface area contributed by atoms with E-state index < -0.39 is 29.4 Å². The quantitative estimate of drug-likeness (QED) is 0.593. The van der Waals surface area contributed by atoms with Crippen molar-refractivity contribution < 1.29 is 19.1 Å². The van der Waals surface area contributed by atoms with E-state index in [0.717, 1.165) is 4.57 Å². The fraction of sp³-hybridized carbons (Fsp3) is 0.435. The lowest BCUT2D eigenvalue weighted by atomic mass is 10.1. The van der Waals surface area contributed by atoms with Gasteiger partial charge in [0.05, 0.1) is 13.2 Å². The zero-order chi connectivity index (χ0) is 24.1. The maximum absolute atomic E-state index is 13.5. The van der Waals surface area contributed by atoms with Gasteiger partial charge in [0.25, 0.3) is 17.0 Å². The highest BCUT2D eigenvalue weighted by molar-refractivity contribution is 6.03. The number of carbonyl (C=O) groups is 3. The zero-order valence-corrected chi connectivity index (χ0v) is 19.0. The Kier molecular flexibility index (Phi) is 7.47. The minimum Gasteiger partial charge on any atom is -0.450 e. The highest BCUT2D eigenvalue weighted by Gasteiger charge is 2.35. The number of aromatic nitrogens is 2.